The Kier molecular flexibility index (Phi) is 2.72. The lowest BCUT2D eigenvalue weighted by atomic mass is 10.2. The van der Waals surface area contributed by atoms with E-state index in [4.69, 9.17) is 0 Å². The van der Waals surface area contributed by atoms with Gasteiger partial charge < -0.3 is 0 Å². The van der Waals surface area contributed by atoms with E-state index in [9.17, 15) is 0 Å². The van der Waals surface area contributed by atoms with Crippen LogP contribution in [-0.2, 0) is 0 Å². The molecule has 1 aliphatic heterocycles. The van der Waals surface area contributed by atoms with Gasteiger partial charge in [0.15, 0.2) is 0 Å². The van der Waals surface area contributed by atoms with Gasteiger partial charge in [0, 0.05) is 30.7 Å². The highest BCUT2D eigenvalue weighted by molar-refractivity contribution is 5.93. The molecule has 3 heteroatoms. The normalized spacial score (nSPS) is 26.7. The van der Waals surface area contributed by atoms with Crippen LogP contribution in [0.15, 0.2) is 27.4 Å². The van der Waals surface area contributed by atoms with E-state index in [1.165, 1.54) is 0 Å². The van der Waals surface area contributed by atoms with Crippen LogP contribution in [0.25, 0.3) is 0 Å². The van der Waals surface area contributed by atoms with E-state index in [1.54, 1.807) is 12.4 Å². The van der Waals surface area contributed by atoms with Crippen LogP contribution < -0.4 is 0 Å². The largest absolute Gasteiger partial charge is 0.267 e. The summed E-state index contributed by atoms with van der Waals surface area (Å²) in [7, 11) is 0. The van der Waals surface area contributed by atoms with Gasteiger partial charge in [-0.3, -0.25) is 4.99 Å². The van der Waals surface area contributed by atoms with Crippen LogP contribution in [0.2, 0.25) is 0 Å². The fraction of sp³-hybridized carbons (Fsp3) is 0.375. The van der Waals surface area contributed by atoms with Gasteiger partial charge in [0.1, 0.15) is 5.84 Å². The Morgan fingerprint density at radius 3 is 2.91 bits per heavy atom. The molecule has 11 heavy (non-hydrogen) atoms. The van der Waals surface area contributed by atoms with E-state index in [0.29, 0.717) is 0 Å². The van der Waals surface area contributed by atoms with Crippen LogP contribution in [-0.4, -0.2) is 18.3 Å². The van der Waals surface area contributed by atoms with E-state index >= 15 is 0 Å². The first kappa shape index (κ1) is 7.85. The van der Waals surface area contributed by atoms with Crippen molar-refractivity contribution in [2.24, 2.45) is 20.9 Å². The third kappa shape index (κ3) is 2.89. The Hall–Kier alpha value is -1.25. The van der Waals surface area contributed by atoms with Crippen molar-refractivity contribution in [2.75, 3.05) is 0 Å². The summed E-state index contributed by atoms with van der Waals surface area (Å²) in [6.45, 7) is 3.89. The van der Waals surface area contributed by atoms with E-state index in [0.717, 1.165) is 5.84 Å². The summed E-state index contributed by atoms with van der Waals surface area (Å²) < 4.78 is 0. The molecule has 1 heterocycles. The third-order valence-corrected chi connectivity index (χ3v) is 1.23. The Labute approximate surface area is 66.3 Å². The minimum Gasteiger partial charge on any atom is -0.267 e. The average molecular weight is 149 g/mol. The van der Waals surface area contributed by atoms with Crippen molar-refractivity contribution >= 4 is 18.3 Å². The van der Waals surface area contributed by atoms with Gasteiger partial charge in [0.05, 0.1) is 0 Å². The molecule has 0 aromatic carbocycles. The fourth-order valence-corrected chi connectivity index (χ4v) is 0.662. The lowest BCUT2D eigenvalue weighted by Gasteiger charge is -1.92. The molecule has 1 rings (SSSR count). The highest BCUT2D eigenvalue weighted by atomic mass is 14.9. The number of aliphatic imine (C=N–C) groups is 3. The summed E-state index contributed by atoms with van der Waals surface area (Å²) in [5.74, 6) is 1.04. The highest BCUT2D eigenvalue weighted by Gasteiger charge is 1.92. The van der Waals surface area contributed by atoms with Crippen molar-refractivity contribution in [3.63, 3.8) is 0 Å². The molecule has 1 unspecified atom stereocenters. The lowest BCUT2D eigenvalue weighted by Crippen LogP contribution is -1.98. The predicted molar refractivity (Wildman–Crippen MR) is 48.4 cm³/mol. The Bertz CT molecular complexity index is 236. The second kappa shape index (κ2) is 3.81. The predicted octanol–water partition coefficient (Wildman–Crippen LogP) is 1.67. The van der Waals surface area contributed by atoms with Crippen molar-refractivity contribution in [2.45, 2.75) is 13.8 Å². The zero-order chi connectivity index (χ0) is 8.10. The van der Waals surface area contributed by atoms with Crippen LogP contribution in [0.1, 0.15) is 13.8 Å². The maximum atomic E-state index is 4.11. The van der Waals surface area contributed by atoms with E-state index < -0.39 is 0 Å². The molecule has 58 valence electrons. The van der Waals surface area contributed by atoms with Gasteiger partial charge in [0.25, 0.3) is 0 Å². The van der Waals surface area contributed by atoms with Gasteiger partial charge in [-0.1, -0.05) is 6.92 Å². The van der Waals surface area contributed by atoms with Crippen LogP contribution in [0.3, 0.4) is 0 Å². The summed E-state index contributed by atoms with van der Waals surface area (Å²) >= 11 is 0. The lowest BCUT2D eigenvalue weighted by molar-refractivity contribution is 1.12. The average Bonchev–Trinajstić information content (AvgIpc) is 2.06. The van der Waals surface area contributed by atoms with Gasteiger partial charge in [-0.05, 0) is 6.92 Å². The summed E-state index contributed by atoms with van der Waals surface area (Å²) in [5.41, 5.74) is 0. The zero-order valence-electron chi connectivity index (χ0n) is 6.73. The summed E-state index contributed by atoms with van der Waals surface area (Å²) in [5, 5.41) is 0. The first-order chi connectivity index (χ1) is 5.29. The quantitative estimate of drug-likeness (QED) is 0.502. The molecule has 0 aromatic rings. The maximum absolute atomic E-state index is 4.11. The second-order valence-corrected chi connectivity index (χ2v) is 2.41. The smallest absolute Gasteiger partial charge is 0.124 e. The number of rotatable bonds is 0. The summed E-state index contributed by atoms with van der Waals surface area (Å²) in [6, 6.07) is 0. The maximum Gasteiger partial charge on any atom is 0.124 e. The van der Waals surface area contributed by atoms with Gasteiger partial charge >= 0.3 is 0 Å². The minimum absolute atomic E-state index is 0.280. The SMILES string of the molecule is CC1=N/C=C\N=CC(C)C=N1. The topological polar surface area (TPSA) is 37.1 Å². The van der Waals surface area contributed by atoms with Crippen molar-refractivity contribution in [1.29, 1.82) is 0 Å². The molecule has 0 N–H and O–H groups in total. The molecule has 0 saturated heterocycles. The fourth-order valence-electron chi connectivity index (χ4n) is 0.662. The minimum atomic E-state index is 0.280. The van der Waals surface area contributed by atoms with Gasteiger partial charge in [-0.15, -0.1) is 0 Å². The monoisotopic (exact) mass is 149 g/mol. The van der Waals surface area contributed by atoms with Crippen molar-refractivity contribution in [1.82, 2.24) is 0 Å². The van der Waals surface area contributed by atoms with Crippen molar-refractivity contribution in [3.05, 3.63) is 12.4 Å². The van der Waals surface area contributed by atoms with Gasteiger partial charge in [0.2, 0.25) is 0 Å². The first-order valence-electron chi connectivity index (χ1n) is 3.56. The number of hydrogen-bond donors (Lipinski definition) is 0. The second-order valence-electron chi connectivity index (χ2n) is 2.41. The van der Waals surface area contributed by atoms with E-state index in [-0.39, 0.29) is 5.92 Å². The van der Waals surface area contributed by atoms with Crippen LogP contribution in [0, 0.1) is 5.92 Å². The molecular formula is C8H11N3. The Morgan fingerprint density at radius 1 is 1.27 bits per heavy atom. The molecule has 1 aliphatic rings. The summed E-state index contributed by atoms with van der Waals surface area (Å²) in [4.78, 5) is 12.1. The zero-order valence-corrected chi connectivity index (χ0v) is 6.73. The first-order valence-corrected chi connectivity index (χ1v) is 3.56. The molecule has 0 aromatic heterocycles. The third-order valence-electron chi connectivity index (χ3n) is 1.23. The Balaban J connectivity index is 2.81. The van der Waals surface area contributed by atoms with Crippen LogP contribution in [0.5, 0.6) is 0 Å². The molecule has 0 saturated carbocycles. The summed E-state index contributed by atoms with van der Waals surface area (Å²) in [6.07, 6.45) is 6.96. The molecule has 0 radical (unpaired) electrons. The molecule has 1 atom stereocenters. The molecular weight excluding hydrogens is 138 g/mol. The number of hydrogen-bond acceptors (Lipinski definition) is 3. The number of amidine groups is 1. The molecule has 0 fully saturated rings. The molecule has 0 aliphatic carbocycles. The molecule has 0 amide bonds. The number of nitrogens with zero attached hydrogens (tertiary/aromatic N) is 3. The van der Waals surface area contributed by atoms with Crippen LogP contribution in [0.4, 0.5) is 0 Å². The standard InChI is InChI=1S/C8H11N3/c1-7-5-9-3-4-10-8(2)11-6-7/h3-7H,1-2H3/b4-3-,9-5?,10-8?,11-6?. The van der Waals surface area contributed by atoms with E-state index in [2.05, 4.69) is 15.0 Å². The molecule has 0 spiro atoms. The Morgan fingerprint density at radius 2 is 2.09 bits per heavy atom. The van der Waals surface area contributed by atoms with Crippen molar-refractivity contribution < 1.29 is 0 Å². The van der Waals surface area contributed by atoms with Gasteiger partial charge in [-0.25, -0.2) is 9.98 Å². The van der Waals surface area contributed by atoms with Crippen LogP contribution >= 0.6 is 0 Å². The van der Waals surface area contributed by atoms with Gasteiger partial charge in [-0.2, -0.15) is 0 Å². The molecule has 0 bridgehead atoms. The van der Waals surface area contributed by atoms with Crippen molar-refractivity contribution in [3.8, 4) is 0 Å². The van der Waals surface area contributed by atoms with E-state index in [1.807, 2.05) is 26.3 Å². The molecule has 3 nitrogen and oxygen atoms in total. The highest BCUT2D eigenvalue weighted by Crippen LogP contribution is 1.91.